The van der Waals surface area contributed by atoms with Crippen LogP contribution < -0.4 is 24.4 Å². The van der Waals surface area contributed by atoms with E-state index >= 15 is 0 Å². The van der Waals surface area contributed by atoms with Crippen molar-refractivity contribution in [2.75, 3.05) is 26.9 Å². The van der Waals surface area contributed by atoms with Gasteiger partial charge in [0, 0.05) is 5.56 Å². The van der Waals surface area contributed by atoms with Crippen molar-refractivity contribution in [1.29, 1.82) is 0 Å². The number of halogens is 2. The van der Waals surface area contributed by atoms with E-state index in [4.69, 9.17) is 35.5 Å². The number of carbonyl (C=O) groups excluding carboxylic acids is 2. The first kappa shape index (κ1) is 31.7. The second-order valence-electron chi connectivity index (χ2n) is 9.61. The minimum Gasteiger partial charge on any atom is -0.493 e. The fourth-order valence-corrected chi connectivity index (χ4v) is 6.12. The van der Waals surface area contributed by atoms with E-state index in [0.717, 1.165) is 11.3 Å². The van der Waals surface area contributed by atoms with Gasteiger partial charge in [0.25, 0.3) is 5.56 Å². The lowest BCUT2D eigenvalue weighted by Crippen LogP contribution is -2.40. The van der Waals surface area contributed by atoms with Crippen LogP contribution in [0.4, 0.5) is 4.39 Å². The van der Waals surface area contributed by atoms with Crippen molar-refractivity contribution in [3.63, 3.8) is 0 Å². The maximum absolute atomic E-state index is 14.1. The number of benzene rings is 3. The quantitative estimate of drug-likeness (QED) is 0.230. The number of rotatable bonds is 10. The van der Waals surface area contributed by atoms with E-state index in [2.05, 4.69) is 0 Å². The third kappa shape index (κ3) is 6.69. The molecule has 1 aliphatic heterocycles. The van der Waals surface area contributed by atoms with E-state index in [1.54, 1.807) is 32.1 Å². The third-order valence-electron chi connectivity index (χ3n) is 6.75. The van der Waals surface area contributed by atoms with E-state index in [1.807, 2.05) is 30.3 Å². The molecule has 0 amide bonds. The van der Waals surface area contributed by atoms with Crippen LogP contribution in [0.3, 0.4) is 0 Å². The van der Waals surface area contributed by atoms with Crippen molar-refractivity contribution < 1.29 is 32.9 Å². The first-order chi connectivity index (χ1) is 21.7. The molecule has 0 N–H and O–H groups in total. The number of aromatic nitrogens is 1. The maximum atomic E-state index is 14.1. The molecule has 0 saturated carbocycles. The summed E-state index contributed by atoms with van der Waals surface area (Å²) in [5, 5.41) is 0.151. The summed E-state index contributed by atoms with van der Waals surface area (Å²) in [5.41, 5.74) is 1.74. The van der Waals surface area contributed by atoms with Crippen LogP contribution in [-0.2, 0) is 19.1 Å². The zero-order chi connectivity index (χ0) is 32.1. The van der Waals surface area contributed by atoms with E-state index in [1.165, 1.54) is 35.9 Å². The Kier molecular flexibility index (Phi) is 9.80. The number of hydrogen-bond donors (Lipinski definition) is 0. The molecule has 0 fully saturated rings. The van der Waals surface area contributed by atoms with Gasteiger partial charge in [-0.25, -0.2) is 19.0 Å². The van der Waals surface area contributed by atoms with Crippen molar-refractivity contribution in [3.05, 3.63) is 120 Å². The van der Waals surface area contributed by atoms with Crippen molar-refractivity contribution in [1.82, 2.24) is 4.57 Å². The summed E-state index contributed by atoms with van der Waals surface area (Å²) >= 11 is 7.62. The number of methoxy groups -OCH3 is 1. The molecule has 3 aromatic carbocycles. The lowest BCUT2D eigenvalue weighted by Gasteiger charge is -2.25. The van der Waals surface area contributed by atoms with Crippen LogP contribution in [0, 0.1) is 5.82 Å². The van der Waals surface area contributed by atoms with E-state index in [-0.39, 0.29) is 46.4 Å². The Bertz CT molecular complexity index is 1950. The molecule has 1 atom stereocenters. The molecular formula is C33H28ClFN2O7S. The van der Waals surface area contributed by atoms with Crippen molar-refractivity contribution in [2.24, 2.45) is 4.99 Å². The van der Waals surface area contributed by atoms with Crippen LogP contribution in [-0.4, -0.2) is 43.4 Å². The topological polar surface area (TPSA) is 105 Å². The number of hydrogen-bond acceptors (Lipinski definition) is 9. The summed E-state index contributed by atoms with van der Waals surface area (Å²) in [4.78, 5) is 44.5. The Hall–Kier alpha value is -4.74. The third-order valence-corrected chi connectivity index (χ3v) is 8.01. The summed E-state index contributed by atoms with van der Waals surface area (Å²) in [6.45, 7) is 3.33. The lowest BCUT2D eigenvalue weighted by molar-refractivity contribution is -0.145. The zero-order valence-electron chi connectivity index (χ0n) is 24.5. The summed E-state index contributed by atoms with van der Waals surface area (Å²) in [7, 11) is 1.42. The first-order valence-corrected chi connectivity index (χ1v) is 15.1. The van der Waals surface area contributed by atoms with Gasteiger partial charge in [0.1, 0.15) is 5.82 Å². The molecule has 0 radical (unpaired) electrons. The van der Waals surface area contributed by atoms with Crippen molar-refractivity contribution in [3.8, 4) is 11.5 Å². The van der Waals surface area contributed by atoms with Gasteiger partial charge >= 0.3 is 11.9 Å². The minimum atomic E-state index is -0.949. The fraction of sp³-hybridized carbons (Fsp3) is 0.212. The van der Waals surface area contributed by atoms with Gasteiger partial charge in [0.2, 0.25) is 0 Å². The number of carbonyl (C=O) groups is 2. The van der Waals surface area contributed by atoms with Crippen LogP contribution in [0.1, 0.15) is 36.6 Å². The predicted octanol–water partition coefficient (Wildman–Crippen LogP) is 4.68. The van der Waals surface area contributed by atoms with Crippen LogP contribution in [0.15, 0.2) is 82.1 Å². The van der Waals surface area contributed by atoms with Crippen LogP contribution in [0.25, 0.3) is 11.8 Å². The number of ether oxygens (including phenoxy) is 4. The van der Waals surface area contributed by atoms with E-state index in [0.29, 0.717) is 27.2 Å². The molecule has 2 heterocycles. The second kappa shape index (κ2) is 13.9. The van der Waals surface area contributed by atoms with Gasteiger partial charge in [0.05, 0.1) is 47.2 Å². The summed E-state index contributed by atoms with van der Waals surface area (Å²) in [6.07, 6.45) is 1.62. The molecule has 0 bridgehead atoms. The Morgan fingerprint density at radius 2 is 1.76 bits per heavy atom. The summed E-state index contributed by atoms with van der Waals surface area (Å²) in [5.74, 6) is -1.27. The Labute approximate surface area is 266 Å². The van der Waals surface area contributed by atoms with Crippen molar-refractivity contribution in [2.45, 2.75) is 19.9 Å². The van der Waals surface area contributed by atoms with Gasteiger partial charge < -0.3 is 18.9 Å². The monoisotopic (exact) mass is 650 g/mol. The summed E-state index contributed by atoms with van der Waals surface area (Å²) < 4.78 is 37.0. The standard InChI is InChI=1S/C33H28ClFN2O7S/c1-4-42-26(38)18-44-30-23(34)15-19(16-24(30)41-3)17-25-31(39)37-29(21-11-13-22(35)14-12-21)27(32(40)43-5-2)28(36-33(37)45-25)20-9-7-6-8-10-20/h6-17,29H,4-5,18H2,1-3H3/b25-17-/t29-/m0/s1. The molecule has 1 aromatic heterocycles. The Morgan fingerprint density at radius 1 is 1.04 bits per heavy atom. The Morgan fingerprint density at radius 3 is 2.42 bits per heavy atom. The van der Waals surface area contributed by atoms with Crippen molar-refractivity contribution >= 4 is 46.6 Å². The van der Waals surface area contributed by atoms with Gasteiger partial charge in [-0.15, -0.1) is 0 Å². The van der Waals surface area contributed by atoms with Gasteiger partial charge in [-0.3, -0.25) is 9.36 Å². The summed E-state index contributed by atoms with van der Waals surface area (Å²) in [6, 6.07) is 17.0. The molecular weight excluding hydrogens is 623 g/mol. The van der Waals surface area contributed by atoms with Crippen LogP contribution in [0.2, 0.25) is 5.02 Å². The average molecular weight is 651 g/mol. The smallest absolute Gasteiger partial charge is 0.344 e. The number of thiazole rings is 1. The highest BCUT2D eigenvalue weighted by Gasteiger charge is 2.35. The average Bonchev–Trinajstić information content (AvgIpc) is 3.34. The fourth-order valence-electron chi connectivity index (χ4n) is 4.85. The molecule has 0 aliphatic carbocycles. The van der Waals surface area contributed by atoms with Crippen LogP contribution >= 0.6 is 22.9 Å². The molecule has 12 heteroatoms. The Balaban J connectivity index is 1.69. The highest BCUT2D eigenvalue weighted by molar-refractivity contribution is 7.07. The highest BCUT2D eigenvalue weighted by Crippen LogP contribution is 2.37. The predicted molar refractivity (Wildman–Crippen MR) is 168 cm³/mol. The molecule has 9 nitrogen and oxygen atoms in total. The molecule has 45 heavy (non-hydrogen) atoms. The number of fused-ring (bicyclic) bond motifs is 1. The second-order valence-corrected chi connectivity index (χ2v) is 11.0. The lowest BCUT2D eigenvalue weighted by atomic mass is 9.93. The highest BCUT2D eigenvalue weighted by atomic mass is 35.5. The SMILES string of the molecule is CCOC(=O)COc1c(Cl)cc(/C=c2\sc3n(c2=O)[C@@H](c2ccc(F)cc2)C(C(=O)OCC)=C(c2ccccc2)N=3)cc1OC. The van der Waals surface area contributed by atoms with Gasteiger partial charge in [-0.05, 0) is 55.3 Å². The van der Waals surface area contributed by atoms with Crippen LogP contribution in [0.5, 0.6) is 11.5 Å². The molecule has 0 unspecified atom stereocenters. The molecule has 5 rings (SSSR count). The largest absolute Gasteiger partial charge is 0.493 e. The van der Waals surface area contributed by atoms with Gasteiger partial charge in [0.15, 0.2) is 22.9 Å². The minimum absolute atomic E-state index is 0.104. The number of nitrogens with zero attached hydrogens (tertiary/aromatic N) is 2. The molecule has 232 valence electrons. The normalized spacial score (nSPS) is 14.4. The van der Waals surface area contributed by atoms with E-state index < -0.39 is 29.4 Å². The molecule has 4 aromatic rings. The number of esters is 2. The van der Waals surface area contributed by atoms with Gasteiger partial charge in [-0.1, -0.05) is 65.4 Å². The molecule has 1 aliphatic rings. The molecule has 0 saturated heterocycles. The zero-order valence-corrected chi connectivity index (χ0v) is 26.1. The first-order valence-electron chi connectivity index (χ1n) is 14.0. The maximum Gasteiger partial charge on any atom is 0.344 e. The van der Waals surface area contributed by atoms with Gasteiger partial charge in [-0.2, -0.15) is 0 Å². The molecule has 0 spiro atoms. The van der Waals surface area contributed by atoms with E-state index in [9.17, 15) is 18.8 Å².